The van der Waals surface area contributed by atoms with Gasteiger partial charge in [-0.3, -0.25) is 9.63 Å². The van der Waals surface area contributed by atoms with E-state index in [0.29, 0.717) is 0 Å². The summed E-state index contributed by atoms with van der Waals surface area (Å²) in [5.41, 5.74) is 2.30. The van der Waals surface area contributed by atoms with E-state index in [4.69, 9.17) is 16.4 Å². The summed E-state index contributed by atoms with van der Waals surface area (Å²) in [5.74, 6) is -0.300. The first-order valence-electron chi connectivity index (χ1n) is 3.83. The molecule has 1 saturated carbocycles. The van der Waals surface area contributed by atoms with Crippen LogP contribution in [0.1, 0.15) is 25.7 Å². The van der Waals surface area contributed by atoms with Crippen LogP contribution in [0.4, 0.5) is 0 Å². The van der Waals surface area contributed by atoms with Gasteiger partial charge in [0.2, 0.25) is 0 Å². The number of alkyl halides is 1. The molecule has 1 N–H and O–H groups in total. The van der Waals surface area contributed by atoms with Gasteiger partial charge in [0.15, 0.2) is 0 Å². The number of hydrogen-bond donors (Lipinski definition) is 1. The lowest BCUT2D eigenvalue weighted by Crippen LogP contribution is -2.28. The van der Waals surface area contributed by atoms with E-state index in [1.165, 1.54) is 12.8 Å². The Bertz CT molecular complexity index is 134. The second-order valence-electron chi connectivity index (χ2n) is 2.68. The number of hydrogen-bond acceptors (Lipinski definition) is 2. The van der Waals surface area contributed by atoms with Crippen molar-refractivity contribution in [3.8, 4) is 0 Å². The van der Waals surface area contributed by atoms with Crippen LogP contribution in [0, 0.1) is 0 Å². The highest BCUT2D eigenvalue weighted by atomic mass is 35.5. The Labute approximate surface area is 71.0 Å². The van der Waals surface area contributed by atoms with Crippen LogP contribution in [0.25, 0.3) is 0 Å². The molecule has 1 fully saturated rings. The van der Waals surface area contributed by atoms with Crippen molar-refractivity contribution < 1.29 is 9.63 Å². The molecule has 1 aliphatic rings. The molecule has 0 aromatic carbocycles. The quantitative estimate of drug-likeness (QED) is 0.520. The number of rotatable bonds is 3. The van der Waals surface area contributed by atoms with E-state index < -0.39 is 0 Å². The largest absolute Gasteiger partial charge is 0.271 e. The zero-order valence-electron chi connectivity index (χ0n) is 6.31. The lowest BCUT2D eigenvalue weighted by Gasteiger charge is -2.09. The maximum atomic E-state index is 10.6. The first-order valence-corrected chi connectivity index (χ1v) is 4.37. The lowest BCUT2D eigenvalue weighted by molar-refractivity contribution is -0.135. The maximum Gasteiger partial charge on any atom is 0.258 e. The van der Waals surface area contributed by atoms with Crippen molar-refractivity contribution in [3.63, 3.8) is 0 Å². The van der Waals surface area contributed by atoms with E-state index in [-0.39, 0.29) is 17.9 Å². The number of carbonyl (C=O) groups excluding carboxylic acids is 1. The molecule has 1 rings (SSSR count). The molecule has 0 aromatic heterocycles. The second kappa shape index (κ2) is 4.57. The van der Waals surface area contributed by atoms with Gasteiger partial charge in [0.1, 0.15) is 5.88 Å². The smallest absolute Gasteiger partial charge is 0.258 e. The summed E-state index contributed by atoms with van der Waals surface area (Å²) in [6.45, 7) is 0. The van der Waals surface area contributed by atoms with Crippen LogP contribution < -0.4 is 5.48 Å². The third-order valence-corrected chi connectivity index (χ3v) is 2.01. The van der Waals surface area contributed by atoms with Gasteiger partial charge >= 0.3 is 0 Å². The molecule has 0 heterocycles. The minimum absolute atomic E-state index is 0.0350. The molecule has 1 aliphatic carbocycles. The standard InChI is InChI=1S/C7H12ClNO2/c8-5-7(10)9-11-6-3-1-2-4-6/h6H,1-5H2,(H,9,10). The van der Waals surface area contributed by atoms with Crippen molar-refractivity contribution in [2.75, 3.05) is 5.88 Å². The summed E-state index contributed by atoms with van der Waals surface area (Å²) in [7, 11) is 0. The minimum Gasteiger partial charge on any atom is -0.271 e. The molecular formula is C7H12ClNO2. The summed E-state index contributed by atoms with van der Waals surface area (Å²) < 4.78 is 0. The molecule has 64 valence electrons. The number of nitrogens with one attached hydrogen (secondary N) is 1. The van der Waals surface area contributed by atoms with Gasteiger partial charge in [-0.05, 0) is 12.8 Å². The van der Waals surface area contributed by atoms with Gasteiger partial charge in [0.25, 0.3) is 5.91 Å². The molecule has 3 nitrogen and oxygen atoms in total. The average Bonchev–Trinajstić information content (AvgIpc) is 2.52. The topological polar surface area (TPSA) is 38.3 Å². The predicted molar refractivity (Wildman–Crippen MR) is 42.2 cm³/mol. The van der Waals surface area contributed by atoms with Crippen LogP contribution in [-0.4, -0.2) is 17.9 Å². The van der Waals surface area contributed by atoms with E-state index in [9.17, 15) is 4.79 Å². The molecule has 0 bridgehead atoms. The van der Waals surface area contributed by atoms with Crippen LogP contribution >= 0.6 is 11.6 Å². The zero-order valence-corrected chi connectivity index (χ0v) is 7.06. The second-order valence-corrected chi connectivity index (χ2v) is 2.95. The zero-order chi connectivity index (χ0) is 8.10. The number of halogens is 1. The highest BCUT2D eigenvalue weighted by Gasteiger charge is 2.16. The molecule has 0 unspecified atom stereocenters. The minimum atomic E-state index is -0.265. The molecular weight excluding hydrogens is 166 g/mol. The fourth-order valence-electron chi connectivity index (χ4n) is 1.18. The van der Waals surface area contributed by atoms with Gasteiger partial charge in [0, 0.05) is 0 Å². The van der Waals surface area contributed by atoms with E-state index >= 15 is 0 Å². The Hall–Kier alpha value is -0.280. The van der Waals surface area contributed by atoms with Crippen LogP contribution in [-0.2, 0) is 9.63 Å². The molecule has 0 aliphatic heterocycles. The first-order chi connectivity index (χ1) is 5.33. The van der Waals surface area contributed by atoms with Crippen LogP contribution in [0.5, 0.6) is 0 Å². The van der Waals surface area contributed by atoms with E-state index in [1.807, 2.05) is 0 Å². The maximum absolute atomic E-state index is 10.6. The summed E-state index contributed by atoms with van der Waals surface area (Å²) in [6, 6.07) is 0. The van der Waals surface area contributed by atoms with Crippen LogP contribution in [0.3, 0.4) is 0 Å². The van der Waals surface area contributed by atoms with Crippen molar-refractivity contribution in [2.45, 2.75) is 31.8 Å². The van der Waals surface area contributed by atoms with Gasteiger partial charge in [-0.2, -0.15) is 0 Å². The molecule has 0 aromatic rings. The van der Waals surface area contributed by atoms with Gasteiger partial charge in [-0.15, -0.1) is 11.6 Å². The normalized spacial score (nSPS) is 18.6. The molecule has 0 saturated heterocycles. The Balaban J connectivity index is 2.06. The monoisotopic (exact) mass is 177 g/mol. The van der Waals surface area contributed by atoms with Gasteiger partial charge in [0.05, 0.1) is 6.10 Å². The van der Waals surface area contributed by atoms with Crippen molar-refractivity contribution >= 4 is 17.5 Å². The number of hydroxylamine groups is 1. The molecule has 11 heavy (non-hydrogen) atoms. The summed E-state index contributed by atoms with van der Waals surface area (Å²) in [5, 5.41) is 0. The fourth-order valence-corrected chi connectivity index (χ4v) is 1.24. The molecule has 1 amide bonds. The van der Waals surface area contributed by atoms with Gasteiger partial charge in [-0.25, -0.2) is 5.48 Å². The summed E-state index contributed by atoms with van der Waals surface area (Å²) in [6.07, 6.45) is 4.69. The van der Waals surface area contributed by atoms with E-state index in [1.54, 1.807) is 0 Å². The van der Waals surface area contributed by atoms with Gasteiger partial charge < -0.3 is 0 Å². The van der Waals surface area contributed by atoms with E-state index in [2.05, 4.69) is 5.48 Å². The van der Waals surface area contributed by atoms with E-state index in [0.717, 1.165) is 12.8 Å². The summed E-state index contributed by atoms with van der Waals surface area (Å²) in [4.78, 5) is 15.7. The average molecular weight is 178 g/mol. The first kappa shape index (κ1) is 8.81. The Morgan fingerprint density at radius 3 is 2.73 bits per heavy atom. The highest BCUT2D eigenvalue weighted by Crippen LogP contribution is 2.19. The lowest BCUT2D eigenvalue weighted by atomic mass is 10.3. The number of amides is 1. The van der Waals surface area contributed by atoms with Crippen LogP contribution in [0.15, 0.2) is 0 Å². The third-order valence-electron chi connectivity index (χ3n) is 1.76. The predicted octanol–water partition coefficient (Wildman–Crippen LogP) is 1.22. The highest BCUT2D eigenvalue weighted by molar-refractivity contribution is 6.27. The molecule has 0 radical (unpaired) electrons. The third kappa shape index (κ3) is 3.08. The Kier molecular flexibility index (Phi) is 3.66. The van der Waals surface area contributed by atoms with Crippen molar-refractivity contribution in [2.24, 2.45) is 0 Å². The fraction of sp³-hybridized carbons (Fsp3) is 0.857. The van der Waals surface area contributed by atoms with Crippen molar-refractivity contribution in [1.82, 2.24) is 5.48 Å². The Morgan fingerprint density at radius 1 is 1.55 bits per heavy atom. The Morgan fingerprint density at radius 2 is 2.18 bits per heavy atom. The number of carbonyl (C=O) groups is 1. The SMILES string of the molecule is O=C(CCl)NOC1CCCC1. The molecule has 4 heteroatoms. The van der Waals surface area contributed by atoms with Crippen molar-refractivity contribution in [3.05, 3.63) is 0 Å². The summed E-state index contributed by atoms with van der Waals surface area (Å²) >= 11 is 5.25. The van der Waals surface area contributed by atoms with Crippen LogP contribution in [0.2, 0.25) is 0 Å². The molecule has 0 spiro atoms. The van der Waals surface area contributed by atoms with Crippen molar-refractivity contribution in [1.29, 1.82) is 0 Å². The molecule has 0 atom stereocenters. The van der Waals surface area contributed by atoms with Gasteiger partial charge in [-0.1, -0.05) is 12.8 Å².